The summed E-state index contributed by atoms with van der Waals surface area (Å²) in [4.78, 5) is 15.5. The van der Waals surface area contributed by atoms with Crippen molar-refractivity contribution in [2.24, 2.45) is 0 Å². The quantitative estimate of drug-likeness (QED) is 0.292. The molecule has 0 N–H and O–H groups in total. The first-order chi connectivity index (χ1) is 18.1. The highest BCUT2D eigenvalue weighted by molar-refractivity contribution is 5.94. The van der Waals surface area contributed by atoms with Crippen molar-refractivity contribution in [3.8, 4) is 23.1 Å². The fourth-order valence-corrected chi connectivity index (χ4v) is 4.58. The van der Waals surface area contributed by atoms with Crippen molar-refractivity contribution in [3.05, 3.63) is 102 Å². The average molecular weight is 498 g/mol. The van der Waals surface area contributed by atoms with Gasteiger partial charge in [0.05, 0.1) is 36.7 Å². The number of carbonyl (C=O) groups is 1. The van der Waals surface area contributed by atoms with E-state index in [2.05, 4.69) is 0 Å². The van der Waals surface area contributed by atoms with Crippen molar-refractivity contribution < 1.29 is 19.0 Å². The van der Waals surface area contributed by atoms with Gasteiger partial charge in [-0.3, -0.25) is 4.79 Å². The Morgan fingerprint density at radius 3 is 2.35 bits per heavy atom. The predicted octanol–water partition coefficient (Wildman–Crippen LogP) is 5.80. The van der Waals surface area contributed by atoms with E-state index in [-0.39, 0.29) is 12.0 Å². The Hall–Kier alpha value is -4.10. The number of ether oxygens (including phenoxy) is 3. The standard InChI is InChI=1S/C30H31N3O4/c1-22-26(21-32(20-25-16-11-19-36-25)29(34)23-12-5-3-6-13-23)30(33(31-22)24-14-7-4-8-15-24)37-28-18-10-9-17-27(28)35-2/h3-10,12-15,17-18,25H,11,16,19-21H2,1-2H3/t25-/m1/s1. The van der Waals surface area contributed by atoms with Crippen LogP contribution >= 0.6 is 0 Å². The van der Waals surface area contributed by atoms with Gasteiger partial charge in [0, 0.05) is 18.7 Å². The summed E-state index contributed by atoms with van der Waals surface area (Å²) in [7, 11) is 1.62. The van der Waals surface area contributed by atoms with Crippen molar-refractivity contribution in [2.75, 3.05) is 20.3 Å². The number of amides is 1. The summed E-state index contributed by atoms with van der Waals surface area (Å²) < 4.78 is 19.7. The number of para-hydroxylation sites is 3. The topological polar surface area (TPSA) is 65.8 Å². The first kappa shape index (κ1) is 24.6. The van der Waals surface area contributed by atoms with Crippen LogP contribution in [0, 0.1) is 6.92 Å². The van der Waals surface area contributed by atoms with Gasteiger partial charge in [0.25, 0.3) is 5.91 Å². The molecule has 1 aliphatic heterocycles. The highest BCUT2D eigenvalue weighted by Gasteiger charge is 2.28. The molecule has 5 rings (SSSR count). The van der Waals surface area contributed by atoms with Gasteiger partial charge in [0.1, 0.15) is 0 Å². The minimum Gasteiger partial charge on any atom is -0.493 e. The van der Waals surface area contributed by atoms with E-state index in [1.54, 1.807) is 11.8 Å². The normalized spacial score (nSPS) is 14.9. The summed E-state index contributed by atoms with van der Waals surface area (Å²) in [6.45, 7) is 3.50. The number of hydrogen-bond acceptors (Lipinski definition) is 5. The molecule has 1 aromatic heterocycles. The molecule has 7 nitrogen and oxygen atoms in total. The monoisotopic (exact) mass is 497 g/mol. The summed E-state index contributed by atoms with van der Waals surface area (Å²) in [5, 5.41) is 4.83. The summed E-state index contributed by atoms with van der Waals surface area (Å²) in [5.74, 6) is 1.68. The molecule has 1 amide bonds. The van der Waals surface area contributed by atoms with E-state index in [4.69, 9.17) is 19.3 Å². The van der Waals surface area contributed by atoms with Crippen LogP contribution in [-0.4, -0.2) is 47.0 Å². The molecule has 1 aliphatic rings. The molecule has 1 atom stereocenters. The highest BCUT2D eigenvalue weighted by Crippen LogP contribution is 2.36. The van der Waals surface area contributed by atoms with E-state index in [1.807, 2.05) is 96.8 Å². The fraction of sp³-hybridized carbons (Fsp3) is 0.267. The van der Waals surface area contributed by atoms with E-state index in [0.29, 0.717) is 36.0 Å². The molecule has 1 saturated heterocycles. The highest BCUT2D eigenvalue weighted by atomic mass is 16.5. The van der Waals surface area contributed by atoms with Gasteiger partial charge >= 0.3 is 0 Å². The Bertz CT molecular complexity index is 1330. The molecule has 0 aliphatic carbocycles. The molecule has 3 aromatic carbocycles. The number of nitrogens with zero attached hydrogens (tertiary/aromatic N) is 3. The number of aromatic nitrogens is 2. The van der Waals surface area contributed by atoms with Crippen LogP contribution in [-0.2, 0) is 11.3 Å². The second kappa shape index (κ2) is 11.3. The van der Waals surface area contributed by atoms with Crippen LogP contribution in [0.15, 0.2) is 84.9 Å². The zero-order chi connectivity index (χ0) is 25.6. The van der Waals surface area contributed by atoms with Crippen LogP contribution in [0.3, 0.4) is 0 Å². The summed E-state index contributed by atoms with van der Waals surface area (Å²) >= 11 is 0. The number of hydrogen-bond donors (Lipinski definition) is 0. The number of rotatable bonds is 9. The Morgan fingerprint density at radius 1 is 1.00 bits per heavy atom. The Kier molecular flexibility index (Phi) is 7.51. The van der Waals surface area contributed by atoms with E-state index in [1.165, 1.54) is 0 Å². The van der Waals surface area contributed by atoms with Gasteiger partial charge in [-0.25, -0.2) is 4.68 Å². The Morgan fingerprint density at radius 2 is 1.68 bits per heavy atom. The molecule has 0 radical (unpaired) electrons. The van der Waals surface area contributed by atoms with E-state index >= 15 is 0 Å². The molecule has 0 saturated carbocycles. The Balaban J connectivity index is 1.56. The molecule has 7 heteroatoms. The molecular formula is C30H31N3O4. The lowest BCUT2D eigenvalue weighted by atomic mass is 10.1. The van der Waals surface area contributed by atoms with Crippen LogP contribution in [0.1, 0.15) is 34.5 Å². The van der Waals surface area contributed by atoms with Crippen LogP contribution < -0.4 is 9.47 Å². The van der Waals surface area contributed by atoms with Gasteiger partial charge in [-0.05, 0) is 56.2 Å². The smallest absolute Gasteiger partial charge is 0.254 e. The molecule has 37 heavy (non-hydrogen) atoms. The van der Waals surface area contributed by atoms with Crippen LogP contribution in [0.4, 0.5) is 0 Å². The largest absolute Gasteiger partial charge is 0.493 e. The van der Waals surface area contributed by atoms with Crippen molar-refractivity contribution in [3.63, 3.8) is 0 Å². The minimum atomic E-state index is -0.0498. The molecule has 4 aromatic rings. The van der Waals surface area contributed by atoms with Crippen molar-refractivity contribution in [1.29, 1.82) is 0 Å². The van der Waals surface area contributed by atoms with Gasteiger partial charge in [-0.1, -0.05) is 48.5 Å². The third-order valence-corrected chi connectivity index (χ3v) is 6.52. The van der Waals surface area contributed by atoms with Crippen molar-refractivity contribution >= 4 is 5.91 Å². The lowest BCUT2D eigenvalue weighted by molar-refractivity contribution is 0.0505. The molecule has 190 valence electrons. The summed E-state index contributed by atoms with van der Waals surface area (Å²) in [6, 6.07) is 26.7. The van der Waals surface area contributed by atoms with Gasteiger partial charge in [0.15, 0.2) is 11.5 Å². The minimum absolute atomic E-state index is 0.00993. The zero-order valence-electron chi connectivity index (χ0n) is 21.2. The second-order valence-electron chi connectivity index (χ2n) is 9.06. The van der Waals surface area contributed by atoms with Gasteiger partial charge < -0.3 is 19.1 Å². The molecular weight excluding hydrogens is 466 g/mol. The van der Waals surface area contributed by atoms with Gasteiger partial charge in [0.2, 0.25) is 5.88 Å². The molecule has 0 spiro atoms. The summed E-state index contributed by atoms with van der Waals surface area (Å²) in [5.41, 5.74) is 3.12. The van der Waals surface area contributed by atoms with Crippen LogP contribution in [0.2, 0.25) is 0 Å². The number of aryl methyl sites for hydroxylation is 1. The second-order valence-corrected chi connectivity index (χ2v) is 9.06. The predicted molar refractivity (Wildman–Crippen MR) is 142 cm³/mol. The van der Waals surface area contributed by atoms with Crippen molar-refractivity contribution in [1.82, 2.24) is 14.7 Å². The number of carbonyl (C=O) groups excluding carboxylic acids is 1. The third kappa shape index (κ3) is 5.52. The zero-order valence-corrected chi connectivity index (χ0v) is 21.2. The SMILES string of the molecule is COc1ccccc1Oc1c(CN(C[C@H]2CCCO2)C(=O)c2ccccc2)c(C)nn1-c1ccccc1. The molecule has 2 heterocycles. The fourth-order valence-electron chi connectivity index (χ4n) is 4.58. The van der Waals surface area contributed by atoms with Crippen molar-refractivity contribution in [2.45, 2.75) is 32.4 Å². The molecule has 0 bridgehead atoms. The molecule has 0 unspecified atom stereocenters. The Labute approximate surface area is 217 Å². The lowest BCUT2D eigenvalue weighted by Gasteiger charge is -2.26. The van der Waals surface area contributed by atoms with Gasteiger partial charge in [-0.15, -0.1) is 0 Å². The maximum atomic E-state index is 13.7. The lowest BCUT2D eigenvalue weighted by Crippen LogP contribution is -2.37. The average Bonchev–Trinajstić information content (AvgIpc) is 3.57. The maximum Gasteiger partial charge on any atom is 0.254 e. The van der Waals surface area contributed by atoms with Gasteiger partial charge in [-0.2, -0.15) is 5.10 Å². The van der Waals surface area contributed by atoms with E-state index < -0.39 is 0 Å². The molecule has 1 fully saturated rings. The number of benzene rings is 3. The van der Waals surface area contributed by atoms with Crippen LogP contribution in [0.25, 0.3) is 5.69 Å². The third-order valence-electron chi connectivity index (χ3n) is 6.52. The number of methoxy groups -OCH3 is 1. The summed E-state index contributed by atoms with van der Waals surface area (Å²) in [6.07, 6.45) is 1.95. The van der Waals surface area contributed by atoms with Crippen LogP contribution in [0.5, 0.6) is 17.4 Å². The first-order valence-electron chi connectivity index (χ1n) is 12.5. The first-order valence-corrected chi connectivity index (χ1v) is 12.5. The van der Waals surface area contributed by atoms with E-state index in [9.17, 15) is 4.79 Å². The van der Waals surface area contributed by atoms with E-state index in [0.717, 1.165) is 36.4 Å². The maximum absolute atomic E-state index is 13.7.